The lowest BCUT2D eigenvalue weighted by Gasteiger charge is -2.07. The number of rotatable bonds is 1. The fraction of sp³-hybridized carbons (Fsp3) is 0.0625. The Morgan fingerprint density at radius 2 is 1.95 bits per heavy atom. The normalized spacial score (nSPS) is 11.3. The molecule has 0 aliphatic carbocycles. The number of hydrogen-bond acceptors (Lipinski definition) is 4. The molecule has 0 amide bonds. The quantitative estimate of drug-likeness (QED) is 0.396. The van der Waals surface area contributed by atoms with E-state index in [4.69, 9.17) is 4.74 Å². The van der Waals surface area contributed by atoms with Crippen molar-refractivity contribution in [2.45, 2.75) is 0 Å². The van der Waals surface area contributed by atoms with E-state index in [-0.39, 0.29) is 5.56 Å². The molecule has 0 saturated carbocycles. The van der Waals surface area contributed by atoms with Gasteiger partial charge in [-0.05, 0) is 18.2 Å². The largest absolute Gasteiger partial charge is 0.494 e. The van der Waals surface area contributed by atoms with Crippen LogP contribution in [0.1, 0.15) is 0 Å². The fourth-order valence-electron chi connectivity index (χ4n) is 2.56. The summed E-state index contributed by atoms with van der Waals surface area (Å²) < 4.78 is 6.84. The number of fused-ring (bicyclic) bond motifs is 4. The summed E-state index contributed by atoms with van der Waals surface area (Å²) in [5.74, 6) is 0.671. The Morgan fingerprint density at radius 1 is 1.05 bits per heavy atom. The van der Waals surface area contributed by atoms with Crippen LogP contribution in [0.25, 0.3) is 27.5 Å². The predicted octanol–water partition coefficient (Wildman–Crippen LogP) is 2.40. The van der Waals surface area contributed by atoms with Gasteiger partial charge in [0.05, 0.1) is 18.0 Å². The molecule has 5 nitrogen and oxygen atoms in total. The van der Waals surface area contributed by atoms with Gasteiger partial charge in [-0.3, -0.25) is 14.2 Å². The minimum absolute atomic E-state index is 0.118. The molecule has 0 unspecified atom stereocenters. The first-order valence-electron chi connectivity index (χ1n) is 6.52. The van der Waals surface area contributed by atoms with Gasteiger partial charge in [0.1, 0.15) is 16.9 Å². The van der Waals surface area contributed by atoms with Crippen LogP contribution in [0.2, 0.25) is 0 Å². The van der Waals surface area contributed by atoms with Crippen LogP contribution in [0.5, 0.6) is 5.75 Å². The number of methoxy groups -OCH3 is 1. The van der Waals surface area contributed by atoms with Crippen molar-refractivity contribution in [2.24, 2.45) is 0 Å². The van der Waals surface area contributed by atoms with Crippen molar-refractivity contribution in [3.05, 3.63) is 59.1 Å². The monoisotopic (exact) mass is 277 g/mol. The highest BCUT2D eigenvalue weighted by Crippen LogP contribution is 2.27. The highest BCUT2D eigenvalue weighted by atomic mass is 16.5. The first kappa shape index (κ1) is 11.8. The number of ether oxygens (including phenoxy) is 1. The maximum atomic E-state index is 12.5. The number of nitrogens with zero attached hydrogens (tertiary/aromatic N) is 3. The van der Waals surface area contributed by atoms with Crippen molar-refractivity contribution >= 4 is 27.5 Å². The summed E-state index contributed by atoms with van der Waals surface area (Å²) in [6.07, 6.45) is 3.27. The zero-order chi connectivity index (χ0) is 14.4. The van der Waals surface area contributed by atoms with Gasteiger partial charge in [0, 0.05) is 17.8 Å². The Balaban J connectivity index is 2.29. The summed E-state index contributed by atoms with van der Waals surface area (Å²) in [6.45, 7) is 0. The van der Waals surface area contributed by atoms with E-state index < -0.39 is 0 Å². The molecular formula is C16H11N3O2. The van der Waals surface area contributed by atoms with Crippen LogP contribution in [0.15, 0.2) is 53.6 Å². The zero-order valence-corrected chi connectivity index (χ0v) is 11.3. The third-order valence-corrected chi connectivity index (χ3v) is 3.57. The molecule has 1 aromatic carbocycles. The molecule has 0 atom stereocenters. The maximum Gasteiger partial charge on any atom is 0.267 e. The molecule has 0 aliphatic rings. The maximum absolute atomic E-state index is 12.5. The van der Waals surface area contributed by atoms with Crippen molar-refractivity contribution in [2.75, 3.05) is 7.11 Å². The molecule has 3 heterocycles. The van der Waals surface area contributed by atoms with E-state index in [1.165, 1.54) is 4.40 Å². The Morgan fingerprint density at radius 3 is 2.81 bits per heavy atom. The summed E-state index contributed by atoms with van der Waals surface area (Å²) >= 11 is 0. The molecule has 3 aromatic heterocycles. The van der Waals surface area contributed by atoms with E-state index in [0.717, 1.165) is 5.39 Å². The lowest BCUT2D eigenvalue weighted by atomic mass is 10.1. The Labute approximate surface area is 119 Å². The summed E-state index contributed by atoms with van der Waals surface area (Å²) in [5.41, 5.74) is 1.85. The first-order chi connectivity index (χ1) is 10.3. The van der Waals surface area contributed by atoms with Gasteiger partial charge < -0.3 is 4.74 Å². The molecule has 0 aliphatic heterocycles. The van der Waals surface area contributed by atoms with Crippen LogP contribution < -0.4 is 10.3 Å². The van der Waals surface area contributed by atoms with E-state index in [0.29, 0.717) is 27.8 Å². The molecule has 21 heavy (non-hydrogen) atoms. The molecule has 0 bridgehead atoms. The zero-order valence-electron chi connectivity index (χ0n) is 11.3. The molecule has 5 heteroatoms. The van der Waals surface area contributed by atoms with Crippen molar-refractivity contribution < 1.29 is 4.74 Å². The van der Waals surface area contributed by atoms with Crippen LogP contribution in [-0.4, -0.2) is 21.5 Å². The number of para-hydroxylation sites is 1. The second-order valence-corrected chi connectivity index (χ2v) is 4.72. The average Bonchev–Trinajstić information content (AvgIpc) is 2.54. The highest BCUT2D eigenvalue weighted by molar-refractivity contribution is 6.05. The second kappa shape index (κ2) is 4.28. The second-order valence-electron chi connectivity index (χ2n) is 4.72. The van der Waals surface area contributed by atoms with Gasteiger partial charge in [0.15, 0.2) is 0 Å². The minimum Gasteiger partial charge on any atom is -0.494 e. The first-order valence-corrected chi connectivity index (χ1v) is 6.52. The van der Waals surface area contributed by atoms with Crippen molar-refractivity contribution in [3.8, 4) is 5.75 Å². The Bertz CT molecular complexity index is 1050. The molecule has 0 N–H and O–H groups in total. The molecule has 4 rings (SSSR count). The number of hydrogen-bond donors (Lipinski definition) is 0. The molecule has 0 radical (unpaired) electrons. The van der Waals surface area contributed by atoms with E-state index in [2.05, 4.69) is 9.97 Å². The van der Waals surface area contributed by atoms with E-state index in [9.17, 15) is 4.79 Å². The summed E-state index contributed by atoms with van der Waals surface area (Å²) in [7, 11) is 1.60. The number of benzene rings is 1. The van der Waals surface area contributed by atoms with Crippen molar-refractivity contribution in [1.29, 1.82) is 0 Å². The lowest BCUT2D eigenvalue weighted by molar-refractivity contribution is 0.419. The number of pyridine rings is 2. The van der Waals surface area contributed by atoms with Gasteiger partial charge in [0.25, 0.3) is 5.56 Å². The molecule has 0 saturated heterocycles. The van der Waals surface area contributed by atoms with Crippen molar-refractivity contribution in [1.82, 2.24) is 14.4 Å². The molecular weight excluding hydrogens is 266 g/mol. The van der Waals surface area contributed by atoms with Gasteiger partial charge in [-0.2, -0.15) is 0 Å². The average molecular weight is 277 g/mol. The lowest BCUT2D eigenvalue weighted by Crippen LogP contribution is -2.15. The third-order valence-electron chi connectivity index (χ3n) is 3.57. The SMILES string of the molecule is COc1cccc2c1ncc1c(=O)n3ccccc3nc12. The summed E-state index contributed by atoms with van der Waals surface area (Å²) in [4.78, 5) is 21.5. The highest BCUT2D eigenvalue weighted by Gasteiger charge is 2.11. The molecule has 4 aromatic rings. The molecule has 102 valence electrons. The van der Waals surface area contributed by atoms with Crippen LogP contribution >= 0.6 is 0 Å². The van der Waals surface area contributed by atoms with E-state index in [1.807, 2.05) is 30.3 Å². The van der Waals surface area contributed by atoms with Gasteiger partial charge in [-0.25, -0.2) is 4.98 Å². The minimum atomic E-state index is -0.118. The summed E-state index contributed by atoms with van der Waals surface area (Å²) in [6, 6.07) is 11.1. The number of aromatic nitrogens is 3. The van der Waals surface area contributed by atoms with Crippen LogP contribution in [0, 0.1) is 0 Å². The third kappa shape index (κ3) is 1.61. The summed E-state index contributed by atoms with van der Waals surface area (Å²) in [5, 5.41) is 1.31. The molecule has 0 fully saturated rings. The topological polar surface area (TPSA) is 56.5 Å². The van der Waals surface area contributed by atoms with Crippen molar-refractivity contribution in [3.63, 3.8) is 0 Å². The fourth-order valence-corrected chi connectivity index (χ4v) is 2.56. The Hall–Kier alpha value is -2.95. The van der Waals surface area contributed by atoms with Gasteiger partial charge in [-0.1, -0.05) is 18.2 Å². The van der Waals surface area contributed by atoms with E-state index in [1.54, 1.807) is 25.6 Å². The standard InChI is InChI=1S/C16H11N3O2/c1-21-12-6-4-5-10-14-11(9-17-15(10)12)16(20)19-8-3-2-7-13(19)18-14/h2-9H,1H3. The van der Waals surface area contributed by atoms with Gasteiger partial charge in [0.2, 0.25) is 0 Å². The smallest absolute Gasteiger partial charge is 0.267 e. The van der Waals surface area contributed by atoms with Gasteiger partial charge in [-0.15, -0.1) is 0 Å². The molecule has 0 spiro atoms. The Kier molecular flexibility index (Phi) is 2.41. The predicted molar refractivity (Wildman–Crippen MR) is 80.8 cm³/mol. The van der Waals surface area contributed by atoms with Gasteiger partial charge >= 0.3 is 0 Å². The van der Waals surface area contributed by atoms with Crippen LogP contribution in [-0.2, 0) is 0 Å². The van der Waals surface area contributed by atoms with E-state index >= 15 is 0 Å². The van der Waals surface area contributed by atoms with Crippen LogP contribution in [0.4, 0.5) is 0 Å². The van der Waals surface area contributed by atoms with Crippen LogP contribution in [0.3, 0.4) is 0 Å².